The van der Waals surface area contributed by atoms with Gasteiger partial charge in [-0.25, -0.2) is 0 Å². The molecule has 1 atom stereocenters. The first-order valence-corrected chi connectivity index (χ1v) is 8.75. The van der Waals surface area contributed by atoms with E-state index in [1.54, 1.807) is 6.92 Å². The Morgan fingerprint density at radius 3 is 2.60 bits per heavy atom. The number of benzene rings is 1. The largest absolute Gasteiger partial charge is 0.405 e. The van der Waals surface area contributed by atoms with Crippen LogP contribution in [0, 0.1) is 0 Å². The quantitative estimate of drug-likeness (QED) is 0.793. The van der Waals surface area contributed by atoms with Crippen molar-refractivity contribution in [2.45, 2.75) is 42.3 Å². The number of carbonyl (C=O) groups excluding carboxylic acids is 1. The third-order valence-electron chi connectivity index (χ3n) is 3.73. The summed E-state index contributed by atoms with van der Waals surface area (Å²) >= 11 is 1.10. The molecule has 1 heterocycles. The lowest BCUT2D eigenvalue weighted by molar-refractivity contribution is -0.137. The number of nitrogens with one attached hydrogen (secondary N) is 1. The molecule has 2 aromatic rings. The average molecular weight is 370 g/mol. The number of aromatic nitrogens is 3. The summed E-state index contributed by atoms with van der Waals surface area (Å²) in [6.45, 7) is 0.215. The number of carbonyl (C=O) groups is 1. The topological polar surface area (TPSA) is 59.8 Å². The van der Waals surface area contributed by atoms with Crippen molar-refractivity contribution in [1.29, 1.82) is 0 Å². The zero-order valence-electron chi connectivity index (χ0n) is 13.5. The molecule has 1 unspecified atom stereocenters. The SMILES string of the molecule is CC(Sc1nnc(C2CC2)n1-c1ccccc1)C(=O)NCC(F)(F)F. The number of para-hydroxylation sites is 1. The molecule has 0 saturated heterocycles. The van der Waals surface area contributed by atoms with E-state index in [1.807, 2.05) is 40.2 Å². The molecule has 1 aromatic heterocycles. The third kappa shape index (κ3) is 4.53. The summed E-state index contributed by atoms with van der Waals surface area (Å²) in [6.07, 6.45) is -2.35. The number of amides is 1. The smallest absolute Gasteiger partial charge is 0.346 e. The van der Waals surface area contributed by atoms with Gasteiger partial charge in [-0.3, -0.25) is 9.36 Å². The molecule has 1 saturated carbocycles. The predicted molar refractivity (Wildman–Crippen MR) is 87.7 cm³/mol. The van der Waals surface area contributed by atoms with Gasteiger partial charge in [-0.2, -0.15) is 13.2 Å². The Bertz CT molecular complexity index is 744. The molecule has 3 rings (SSSR count). The van der Waals surface area contributed by atoms with Crippen molar-refractivity contribution in [1.82, 2.24) is 20.1 Å². The first-order chi connectivity index (χ1) is 11.8. The van der Waals surface area contributed by atoms with Crippen molar-refractivity contribution in [2.75, 3.05) is 6.54 Å². The first-order valence-electron chi connectivity index (χ1n) is 7.87. The van der Waals surface area contributed by atoms with Crippen molar-refractivity contribution >= 4 is 17.7 Å². The molecule has 1 fully saturated rings. The number of hydrogen-bond donors (Lipinski definition) is 1. The fraction of sp³-hybridized carbons (Fsp3) is 0.438. The number of halogens is 3. The molecule has 9 heteroatoms. The minimum absolute atomic E-state index is 0.344. The van der Waals surface area contributed by atoms with Crippen LogP contribution in [0.1, 0.15) is 31.5 Å². The van der Waals surface area contributed by atoms with Crippen molar-refractivity contribution in [3.63, 3.8) is 0 Å². The van der Waals surface area contributed by atoms with Crippen LogP contribution in [0.25, 0.3) is 5.69 Å². The van der Waals surface area contributed by atoms with Gasteiger partial charge in [-0.05, 0) is 31.9 Å². The summed E-state index contributed by atoms with van der Waals surface area (Å²) in [7, 11) is 0. The van der Waals surface area contributed by atoms with Gasteiger partial charge in [0.2, 0.25) is 5.91 Å². The van der Waals surface area contributed by atoms with Crippen molar-refractivity contribution in [2.24, 2.45) is 0 Å². The second-order valence-electron chi connectivity index (χ2n) is 5.88. The van der Waals surface area contributed by atoms with Crippen LogP contribution in [0.4, 0.5) is 13.2 Å². The van der Waals surface area contributed by atoms with E-state index in [1.165, 1.54) is 0 Å². The molecule has 0 bridgehead atoms. The van der Waals surface area contributed by atoms with E-state index in [-0.39, 0.29) is 0 Å². The Morgan fingerprint density at radius 2 is 2.00 bits per heavy atom. The highest BCUT2D eigenvalue weighted by Gasteiger charge is 2.32. The Morgan fingerprint density at radius 1 is 1.32 bits per heavy atom. The maximum Gasteiger partial charge on any atom is 0.405 e. The molecule has 1 N–H and O–H groups in total. The van der Waals surface area contributed by atoms with E-state index < -0.39 is 23.9 Å². The lowest BCUT2D eigenvalue weighted by atomic mass is 10.3. The van der Waals surface area contributed by atoms with Crippen LogP contribution in [-0.4, -0.2) is 38.6 Å². The van der Waals surface area contributed by atoms with Gasteiger partial charge >= 0.3 is 6.18 Å². The molecular weight excluding hydrogens is 353 g/mol. The summed E-state index contributed by atoms with van der Waals surface area (Å²) in [6, 6.07) is 9.49. The van der Waals surface area contributed by atoms with Crippen molar-refractivity contribution in [3.8, 4) is 5.69 Å². The minimum Gasteiger partial charge on any atom is -0.346 e. The van der Waals surface area contributed by atoms with Gasteiger partial charge in [0.25, 0.3) is 0 Å². The van der Waals surface area contributed by atoms with Crippen LogP contribution in [0.2, 0.25) is 0 Å². The number of thioether (sulfide) groups is 1. The summed E-state index contributed by atoms with van der Waals surface area (Å²) in [4.78, 5) is 11.9. The van der Waals surface area contributed by atoms with E-state index in [0.29, 0.717) is 11.1 Å². The van der Waals surface area contributed by atoms with Gasteiger partial charge in [-0.1, -0.05) is 30.0 Å². The van der Waals surface area contributed by atoms with Gasteiger partial charge in [0.1, 0.15) is 12.4 Å². The highest BCUT2D eigenvalue weighted by molar-refractivity contribution is 8.00. The van der Waals surface area contributed by atoms with Gasteiger partial charge in [0.15, 0.2) is 5.16 Å². The molecular formula is C16H17F3N4OS. The highest BCUT2D eigenvalue weighted by Crippen LogP contribution is 2.41. The lowest BCUT2D eigenvalue weighted by Crippen LogP contribution is -2.38. The normalized spacial score (nSPS) is 15.8. The Labute approximate surface area is 147 Å². The fourth-order valence-electron chi connectivity index (χ4n) is 2.33. The Hall–Kier alpha value is -2.03. The summed E-state index contributed by atoms with van der Waals surface area (Å²) in [5, 5.41) is 10.1. The van der Waals surface area contributed by atoms with E-state index in [9.17, 15) is 18.0 Å². The molecule has 1 aliphatic rings. The zero-order valence-corrected chi connectivity index (χ0v) is 14.3. The molecule has 5 nitrogen and oxygen atoms in total. The van der Waals surface area contributed by atoms with E-state index >= 15 is 0 Å². The second kappa shape index (κ2) is 7.07. The van der Waals surface area contributed by atoms with Gasteiger partial charge in [0.05, 0.1) is 5.25 Å². The number of hydrogen-bond acceptors (Lipinski definition) is 4. The molecule has 1 aliphatic carbocycles. The predicted octanol–water partition coefficient (Wildman–Crippen LogP) is 3.30. The van der Waals surface area contributed by atoms with Crippen LogP contribution in [0.3, 0.4) is 0 Å². The molecule has 0 aliphatic heterocycles. The molecule has 0 radical (unpaired) electrons. The molecule has 25 heavy (non-hydrogen) atoms. The fourth-order valence-corrected chi connectivity index (χ4v) is 3.22. The van der Waals surface area contributed by atoms with Crippen LogP contribution in [0.5, 0.6) is 0 Å². The van der Waals surface area contributed by atoms with Crippen LogP contribution in [0.15, 0.2) is 35.5 Å². The first kappa shape index (κ1) is 17.8. The molecule has 134 valence electrons. The minimum atomic E-state index is -4.43. The van der Waals surface area contributed by atoms with Gasteiger partial charge < -0.3 is 5.32 Å². The van der Waals surface area contributed by atoms with Gasteiger partial charge in [-0.15, -0.1) is 10.2 Å². The van der Waals surface area contributed by atoms with E-state index in [4.69, 9.17) is 0 Å². The Kier molecular flexibility index (Phi) is 5.03. The highest BCUT2D eigenvalue weighted by atomic mass is 32.2. The lowest BCUT2D eigenvalue weighted by Gasteiger charge is -2.14. The summed E-state index contributed by atoms with van der Waals surface area (Å²) < 4.78 is 38.6. The van der Waals surface area contributed by atoms with Crippen LogP contribution in [-0.2, 0) is 4.79 Å². The maximum absolute atomic E-state index is 12.2. The van der Waals surface area contributed by atoms with Crippen molar-refractivity contribution in [3.05, 3.63) is 36.2 Å². The summed E-state index contributed by atoms with van der Waals surface area (Å²) in [5.41, 5.74) is 0.875. The van der Waals surface area contributed by atoms with Crippen LogP contribution < -0.4 is 5.32 Å². The van der Waals surface area contributed by atoms with Gasteiger partial charge in [0, 0.05) is 11.6 Å². The molecule has 1 aromatic carbocycles. The third-order valence-corrected chi connectivity index (χ3v) is 4.77. The van der Waals surface area contributed by atoms with Crippen molar-refractivity contribution < 1.29 is 18.0 Å². The Balaban J connectivity index is 1.77. The number of rotatable bonds is 6. The molecule has 1 amide bonds. The maximum atomic E-state index is 12.2. The number of nitrogens with zero attached hydrogens (tertiary/aromatic N) is 3. The average Bonchev–Trinajstić information content (AvgIpc) is 3.33. The standard InChI is InChI=1S/C16H17F3N4OS/c1-10(14(24)20-9-16(17,18)19)25-15-22-21-13(11-7-8-11)23(15)12-5-3-2-4-6-12/h2-6,10-11H,7-9H2,1H3,(H,20,24). The van der Waals surface area contributed by atoms with E-state index in [2.05, 4.69) is 10.2 Å². The second-order valence-corrected chi connectivity index (χ2v) is 7.19. The zero-order chi connectivity index (χ0) is 18.0. The van der Waals surface area contributed by atoms with E-state index in [0.717, 1.165) is 36.1 Å². The monoisotopic (exact) mass is 370 g/mol. The van der Waals surface area contributed by atoms with Crippen LogP contribution >= 0.6 is 11.8 Å². The molecule has 0 spiro atoms. The summed E-state index contributed by atoms with van der Waals surface area (Å²) in [5.74, 6) is 0.492. The number of alkyl halides is 3.